The summed E-state index contributed by atoms with van der Waals surface area (Å²) in [5, 5.41) is 0. The van der Waals surface area contributed by atoms with Gasteiger partial charge in [-0.2, -0.15) is 0 Å². The topological polar surface area (TPSA) is 6.48 Å². The Kier molecular flexibility index (Phi) is 5.25. The van der Waals surface area contributed by atoms with Crippen LogP contribution in [0.25, 0.3) is 0 Å². The van der Waals surface area contributed by atoms with Gasteiger partial charge in [0.25, 0.3) is 0 Å². The summed E-state index contributed by atoms with van der Waals surface area (Å²) in [6.07, 6.45) is 1.27. The minimum atomic E-state index is 0.464. The van der Waals surface area contributed by atoms with Gasteiger partial charge in [-0.25, -0.2) is 0 Å². The molecule has 1 aliphatic rings. The Balaban J connectivity index is 1.80. The summed E-state index contributed by atoms with van der Waals surface area (Å²) in [6, 6.07) is 21.9. The summed E-state index contributed by atoms with van der Waals surface area (Å²) in [4.78, 5) is 5.08. The number of rotatable bonds is 4. The molecule has 2 aromatic carbocycles. The van der Waals surface area contributed by atoms with Gasteiger partial charge < -0.3 is 9.80 Å². The van der Waals surface area contributed by atoms with E-state index in [0.29, 0.717) is 5.92 Å². The summed E-state index contributed by atoms with van der Waals surface area (Å²) in [5.74, 6) is 0.464. The maximum atomic E-state index is 2.63. The van der Waals surface area contributed by atoms with Crippen molar-refractivity contribution in [2.75, 3.05) is 39.8 Å². The van der Waals surface area contributed by atoms with Crippen LogP contribution in [0, 0.1) is 0 Å². The van der Waals surface area contributed by atoms with Crippen LogP contribution >= 0.6 is 0 Å². The molecule has 0 aromatic heterocycles. The van der Waals surface area contributed by atoms with Crippen LogP contribution in [0.2, 0.25) is 0 Å². The van der Waals surface area contributed by atoms with Gasteiger partial charge in [0.1, 0.15) is 0 Å². The van der Waals surface area contributed by atoms with Crippen LogP contribution in [0.1, 0.15) is 23.5 Å². The second-order valence-corrected chi connectivity index (χ2v) is 6.33. The molecule has 0 spiro atoms. The van der Waals surface area contributed by atoms with Gasteiger partial charge in [-0.15, -0.1) is 0 Å². The molecule has 2 aromatic rings. The van der Waals surface area contributed by atoms with Gasteiger partial charge in [0.05, 0.1) is 0 Å². The second kappa shape index (κ2) is 7.57. The number of likely N-dealkylation sites (N-methyl/N-ethyl adjacent to an activating group) is 1. The summed E-state index contributed by atoms with van der Waals surface area (Å²) >= 11 is 0. The lowest BCUT2D eigenvalue weighted by Gasteiger charge is -2.27. The molecule has 116 valence electrons. The molecule has 22 heavy (non-hydrogen) atoms. The first-order valence-electron chi connectivity index (χ1n) is 8.34. The van der Waals surface area contributed by atoms with Gasteiger partial charge in [0.15, 0.2) is 0 Å². The molecule has 0 bridgehead atoms. The Hall–Kier alpha value is -1.64. The largest absolute Gasteiger partial charge is 0.305 e. The molecule has 1 fully saturated rings. The monoisotopic (exact) mass is 294 g/mol. The Labute approximate surface area is 134 Å². The van der Waals surface area contributed by atoms with Crippen molar-refractivity contribution < 1.29 is 0 Å². The summed E-state index contributed by atoms with van der Waals surface area (Å²) in [6.45, 7) is 5.89. The predicted octanol–water partition coefficient (Wildman–Crippen LogP) is 3.46. The first kappa shape index (κ1) is 15.3. The SMILES string of the molecule is CN1CCCN(CC(c2ccccc2)c2ccccc2)CC1. The van der Waals surface area contributed by atoms with Gasteiger partial charge in [0.2, 0.25) is 0 Å². The third-order valence-electron chi connectivity index (χ3n) is 4.66. The first-order chi connectivity index (χ1) is 10.8. The van der Waals surface area contributed by atoms with Crippen LogP contribution in [0.15, 0.2) is 60.7 Å². The van der Waals surface area contributed by atoms with E-state index in [1.807, 2.05) is 0 Å². The molecule has 0 atom stereocenters. The van der Waals surface area contributed by atoms with E-state index >= 15 is 0 Å². The van der Waals surface area contributed by atoms with Crippen LogP contribution in [0.5, 0.6) is 0 Å². The van der Waals surface area contributed by atoms with E-state index in [2.05, 4.69) is 77.5 Å². The highest BCUT2D eigenvalue weighted by atomic mass is 15.2. The maximum absolute atomic E-state index is 2.63. The van der Waals surface area contributed by atoms with Gasteiger partial charge in [-0.1, -0.05) is 60.7 Å². The lowest BCUT2D eigenvalue weighted by molar-refractivity contribution is 0.269. The molecule has 0 radical (unpaired) electrons. The third kappa shape index (κ3) is 3.96. The Morgan fingerprint density at radius 3 is 1.95 bits per heavy atom. The quantitative estimate of drug-likeness (QED) is 0.852. The Bertz CT molecular complexity index is 513. The van der Waals surface area contributed by atoms with E-state index in [1.165, 1.54) is 43.7 Å². The average molecular weight is 294 g/mol. The van der Waals surface area contributed by atoms with Gasteiger partial charge in [-0.05, 0) is 37.7 Å². The second-order valence-electron chi connectivity index (χ2n) is 6.33. The zero-order valence-corrected chi connectivity index (χ0v) is 13.5. The van der Waals surface area contributed by atoms with Crippen molar-refractivity contribution >= 4 is 0 Å². The maximum Gasteiger partial charge on any atom is 0.0217 e. The van der Waals surface area contributed by atoms with Crippen LogP contribution in [0.3, 0.4) is 0 Å². The molecular formula is C20H26N2. The lowest BCUT2D eigenvalue weighted by atomic mass is 9.91. The first-order valence-corrected chi connectivity index (χ1v) is 8.34. The van der Waals surface area contributed by atoms with E-state index in [9.17, 15) is 0 Å². The van der Waals surface area contributed by atoms with Crippen molar-refractivity contribution in [2.24, 2.45) is 0 Å². The number of nitrogens with zero attached hydrogens (tertiary/aromatic N) is 2. The molecule has 1 heterocycles. The Morgan fingerprint density at radius 1 is 0.773 bits per heavy atom. The minimum Gasteiger partial charge on any atom is -0.305 e. The highest BCUT2D eigenvalue weighted by Crippen LogP contribution is 2.26. The summed E-state index contributed by atoms with van der Waals surface area (Å²) in [7, 11) is 2.23. The molecule has 2 heteroatoms. The zero-order chi connectivity index (χ0) is 15.2. The van der Waals surface area contributed by atoms with Crippen LogP contribution in [0.4, 0.5) is 0 Å². The molecule has 3 rings (SSSR count). The number of hydrogen-bond donors (Lipinski definition) is 0. The smallest absolute Gasteiger partial charge is 0.0217 e. The number of benzene rings is 2. The van der Waals surface area contributed by atoms with E-state index in [0.717, 1.165) is 6.54 Å². The van der Waals surface area contributed by atoms with Gasteiger partial charge in [-0.3, -0.25) is 0 Å². The van der Waals surface area contributed by atoms with Crippen LogP contribution in [-0.2, 0) is 0 Å². The van der Waals surface area contributed by atoms with Gasteiger partial charge >= 0.3 is 0 Å². The third-order valence-corrected chi connectivity index (χ3v) is 4.66. The molecule has 0 N–H and O–H groups in total. The van der Waals surface area contributed by atoms with Crippen molar-refractivity contribution in [1.29, 1.82) is 0 Å². The minimum absolute atomic E-state index is 0.464. The van der Waals surface area contributed by atoms with E-state index < -0.39 is 0 Å². The van der Waals surface area contributed by atoms with Gasteiger partial charge in [0, 0.05) is 25.6 Å². The van der Waals surface area contributed by atoms with Crippen molar-refractivity contribution in [1.82, 2.24) is 9.80 Å². The van der Waals surface area contributed by atoms with Crippen molar-refractivity contribution in [2.45, 2.75) is 12.3 Å². The predicted molar refractivity (Wildman–Crippen MR) is 93.3 cm³/mol. The molecule has 1 aliphatic heterocycles. The number of hydrogen-bond acceptors (Lipinski definition) is 2. The standard InChI is InChI=1S/C20H26N2/c1-21-13-8-14-22(16-15-21)17-20(18-9-4-2-5-10-18)19-11-6-3-7-12-19/h2-7,9-12,20H,8,13-17H2,1H3. The molecular weight excluding hydrogens is 268 g/mol. The fraction of sp³-hybridized carbons (Fsp3) is 0.400. The van der Waals surface area contributed by atoms with E-state index in [-0.39, 0.29) is 0 Å². The fourth-order valence-electron chi connectivity index (χ4n) is 3.31. The van der Waals surface area contributed by atoms with Crippen LogP contribution in [-0.4, -0.2) is 49.6 Å². The average Bonchev–Trinajstić information content (AvgIpc) is 2.78. The normalized spacial score (nSPS) is 17.5. The molecule has 0 saturated carbocycles. The van der Waals surface area contributed by atoms with Crippen molar-refractivity contribution in [3.8, 4) is 0 Å². The molecule has 2 nitrogen and oxygen atoms in total. The van der Waals surface area contributed by atoms with E-state index in [1.54, 1.807) is 0 Å². The summed E-state index contributed by atoms with van der Waals surface area (Å²) in [5.41, 5.74) is 2.85. The van der Waals surface area contributed by atoms with Crippen LogP contribution < -0.4 is 0 Å². The summed E-state index contributed by atoms with van der Waals surface area (Å²) < 4.78 is 0. The van der Waals surface area contributed by atoms with E-state index in [4.69, 9.17) is 0 Å². The van der Waals surface area contributed by atoms with Crippen molar-refractivity contribution in [3.63, 3.8) is 0 Å². The molecule has 0 aliphatic carbocycles. The molecule has 0 unspecified atom stereocenters. The highest BCUT2D eigenvalue weighted by Gasteiger charge is 2.19. The molecule has 0 amide bonds. The zero-order valence-electron chi connectivity index (χ0n) is 13.5. The lowest BCUT2D eigenvalue weighted by Crippen LogP contribution is -2.32. The van der Waals surface area contributed by atoms with Crippen molar-refractivity contribution in [3.05, 3.63) is 71.8 Å². The highest BCUT2D eigenvalue weighted by molar-refractivity contribution is 5.32. The fourth-order valence-corrected chi connectivity index (χ4v) is 3.31. The molecule has 1 saturated heterocycles. The Morgan fingerprint density at radius 2 is 1.36 bits per heavy atom.